The van der Waals surface area contributed by atoms with Crippen molar-refractivity contribution in [3.63, 3.8) is 0 Å². The zero-order chi connectivity index (χ0) is 41.8. The summed E-state index contributed by atoms with van der Waals surface area (Å²) in [6.45, 7) is 5.02. The summed E-state index contributed by atoms with van der Waals surface area (Å²) in [4.78, 5) is 81.7. The predicted molar refractivity (Wildman–Crippen MR) is 221 cm³/mol. The second-order valence-electron chi connectivity index (χ2n) is 15.7. The molecule has 4 aromatic rings. The van der Waals surface area contributed by atoms with Crippen molar-refractivity contribution in [2.24, 2.45) is 0 Å². The zero-order valence-electron chi connectivity index (χ0n) is 33.6. The SMILES string of the molecule is Cc1ccc(C(=O)NC[C@@H]2CCc3ccc(-c4cn5c(n4)CCC5)cc32)cc1OCCCNC(=O)CCOCCNc1cccc2c1C(=O)N(C1CCC(=O)NC1=O)C2=O. The van der Waals surface area contributed by atoms with Crippen LogP contribution in [0.3, 0.4) is 0 Å². The molecule has 2 atom stereocenters. The van der Waals surface area contributed by atoms with E-state index in [1.54, 1.807) is 18.2 Å². The average molecular weight is 816 g/mol. The summed E-state index contributed by atoms with van der Waals surface area (Å²) in [5.41, 5.74) is 7.01. The van der Waals surface area contributed by atoms with Crippen LogP contribution in [0.5, 0.6) is 5.75 Å². The molecule has 1 fully saturated rings. The number of rotatable bonds is 17. The molecule has 4 aliphatic rings. The van der Waals surface area contributed by atoms with Crippen molar-refractivity contribution in [3.8, 4) is 17.0 Å². The van der Waals surface area contributed by atoms with Crippen LogP contribution in [0, 0.1) is 6.92 Å². The Morgan fingerprint density at radius 2 is 1.80 bits per heavy atom. The van der Waals surface area contributed by atoms with E-state index < -0.39 is 29.7 Å². The fourth-order valence-electron chi connectivity index (χ4n) is 8.43. The van der Waals surface area contributed by atoms with Gasteiger partial charge in [-0.05, 0) is 86.1 Å². The fraction of sp³-hybridized carbons (Fsp3) is 0.400. The van der Waals surface area contributed by atoms with E-state index in [-0.39, 0.29) is 61.3 Å². The molecule has 1 unspecified atom stereocenters. The maximum Gasteiger partial charge on any atom is 0.264 e. The number of amides is 6. The van der Waals surface area contributed by atoms with Gasteiger partial charge in [0.15, 0.2) is 0 Å². The van der Waals surface area contributed by atoms with Crippen LogP contribution in [0.25, 0.3) is 11.3 Å². The maximum absolute atomic E-state index is 13.3. The van der Waals surface area contributed by atoms with Crippen molar-refractivity contribution in [3.05, 3.63) is 100.0 Å². The van der Waals surface area contributed by atoms with Gasteiger partial charge in [-0.3, -0.25) is 39.0 Å². The van der Waals surface area contributed by atoms with Gasteiger partial charge >= 0.3 is 0 Å². The first-order valence-corrected chi connectivity index (χ1v) is 20.8. The van der Waals surface area contributed by atoms with Gasteiger partial charge < -0.3 is 30.0 Å². The van der Waals surface area contributed by atoms with Crippen molar-refractivity contribution in [2.75, 3.05) is 44.8 Å². The van der Waals surface area contributed by atoms with Gasteiger partial charge in [0.2, 0.25) is 17.7 Å². The molecule has 0 bridgehead atoms. The van der Waals surface area contributed by atoms with Crippen LogP contribution >= 0.6 is 0 Å². The Balaban J connectivity index is 0.717. The van der Waals surface area contributed by atoms with Crippen LogP contribution in [-0.2, 0) is 38.5 Å². The molecule has 3 aromatic carbocycles. The number of aryl methyl sites for hydroxylation is 4. The Labute approximate surface area is 347 Å². The van der Waals surface area contributed by atoms with Crippen LogP contribution < -0.4 is 26.0 Å². The fourth-order valence-corrected chi connectivity index (χ4v) is 8.43. The third-order valence-electron chi connectivity index (χ3n) is 11.7. The third kappa shape index (κ3) is 8.67. The number of hydrogen-bond acceptors (Lipinski definition) is 10. The van der Waals surface area contributed by atoms with E-state index in [0.717, 1.165) is 59.8 Å². The Bertz CT molecular complexity index is 2330. The van der Waals surface area contributed by atoms with Gasteiger partial charge in [-0.1, -0.05) is 24.3 Å². The molecule has 15 heteroatoms. The maximum atomic E-state index is 13.3. The Kier molecular flexibility index (Phi) is 12.0. The molecule has 4 heterocycles. The van der Waals surface area contributed by atoms with E-state index in [4.69, 9.17) is 14.5 Å². The van der Waals surface area contributed by atoms with Crippen LogP contribution in [0.1, 0.15) is 98.0 Å². The molecule has 0 radical (unpaired) electrons. The Morgan fingerprint density at radius 1 is 0.917 bits per heavy atom. The molecular formula is C45H49N7O8. The number of carbonyl (C=O) groups is 6. The van der Waals surface area contributed by atoms with Crippen LogP contribution in [0.15, 0.2) is 60.8 Å². The van der Waals surface area contributed by atoms with Gasteiger partial charge in [-0.2, -0.15) is 0 Å². The number of aromatic nitrogens is 2. The summed E-state index contributed by atoms with van der Waals surface area (Å²) in [5.74, 6) is -0.543. The molecule has 1 aliphatic carbocycles. The third-order valence-corrected chi connectivity index (χ3v) is 11.7. The quantitative estimate of drug-likeness (QED) is 0.0894. The molecule has 8 rings (SSSR count). The predicted octanol–water partition coefficient (Wildman–Crippen LogP) is 4.07. The van der Waals surface area contributed by atoms with Gasteiger partial charge in [0, 0.05) is 74.4 Å². The zero-order valence-corrected chi connectivity index (χ0v) is 33.6. The van der Waals surface area contributed by atoms with Gasteiger partial charge in [0.1, 0.15) is 17.6 Å². The van der Waals surface area contributed by atoms with Gasteiger partial charge in [0.05, 0.1) is 36.6 Å². The lowest BCUT2D eigenvalue weighted by Crippen LogP contribution is -2.54. The van der Waals surface area contributed by atoms with E-state index in [1.807, 2.05) is 19.1 Å². The number of fused-ring (bicyclic) bond motifs is 3. The first-order valence-electron chi connectivity index (χ1n) is 20.8. The number of ether oxygens (including phenoxy) is 2. The minimum absolute atomic E-state index is 0.0462. The molecule has 4 N–H and O–H groups in total. The minimum atomic E-state index is -1.04. The second kappa shape index (κ2) is 17.9. The number of carbonyl (C=O) groups excluding carboxylic acids is 6. The Morgan fingerprint density at radius 3 is 2.65 bits per heavy atom. The molecule has 3 aliphatic heterocycles. The Hall–Kier alpha value is -6.35. The van der Waals surface area contributed by atoms with Crippen molar-refractivity contribution in [1.82, 2.24) is 30.4 Å². The highest BCUT2D eigenvalue weighted by atomic mass is 16.5. The summed E-state index contributed by atoms with van der Waals surface area (Å²) in [7, 11) is 0. The lowest BCUT2D eigenvalue weighted by Gasteiger charge is -2.27. The topological polar surface area (TPSA) is 190 Å². The number of piperidine rings is 1. The summed E-state index contributed by atoms with van der Waals surface area (Å²) in [6, 6.07) is 15.9. The minimum Gasteiger partial charge on any atom is -0.493 e. The van der Waals surface area contributed by atoms with Crippen LogP contribution in [0.2, 0.25) is 0 Å². The monoisotopic (exact) mass is 815 g/mol. The number of hydrogen-bond donors (Lipinski definition) is 4. The van der Waals surface area contributed by atoms with E-state index in [9.17, 15) is 28.8 Å². The van der Waals surface area contributed by atoms with Crippen molar-refractivity contribution < 1.29 is 38.2 Å². The molecule has 6 amide bonds. The van der Waals surface area contributed by atoms with Gasteiger partial charge in [-0.15, -0.1) is 0 Å². The van der Waals surface area contributed by atoms with E-state index in [0.29, 0.717) is 49.7 Å². The molecule has 0 spiro atoms. The van der Waals surface area contributed by atoms with Crippen LogP contribution in [-0.4, -0.2) is 95.4 Å². The number of nitrogens with one attached hydrogen (secondary N) is 4. The van der Waals surface area contributed by atoms with Gasteiger partial charge in [0.25, 0.3) is 17.7 Å². The number of imidazole rings is 1. The lowest BCUT2D eigenvalue weighted by molar-refractivity contribution is -0.136. The van der Waals surface area contributed by atoms with Gasteiger partial charge in [-0.25, -0.2) is 4.98 Å². The molecule has 1 aromatic heterocycles. The summed E-state index contributed by atoms with van der Waals surface area (Å²) < 4.78 is 13.9. The normalized spacial score (nSPS) is 17.9. The molecule has 312 valence electrons. The van der Waals surface area contributed by atoms with Crippen molar-refractivity contribution >= 4 is 41.1 Å². The molecule has 0 saturated carbocycles. The van der Waals surface area contributed by atoms with E-state index >= 15 is 0 Å². The van der Waals surface area contributed by atoms with E-state index in [2.05, 4.69) is 50.2 Å². The molecule has 1 saturated heterocycles. The molecular weight excluding hydrogens is 767 g/mol. The smallest absolute Gasteiger partial charge is 0.264 e. The molecule has 60 heavy (non-hydrogen) atoms. The lowest BCUT2D eigenvalue weighted by atomic mass is 9.98. The standard InChI is InChI=1S/C45H49N7O8/c1-27-8-9-30(42(55)48-25-31-13-11-28-10-12-29(23-33(28)31)35-26-51-19-3-7-38(51)49-35)24-37(27)60-20-4-17-47-39(53)16-21-59-22-18-46-34-6-2-5-32-41(34)45(58)52(44(32)57)36-14-15-40(54)50-43(36)56/h2,5-6,8-10,12,23-24,26,31,36,46H,3-4,7,11,13-22,25H2,1H3,(H,47,53)(H,48,55)(H,50,54,56)/t31-,36?/m0/s1. The summed E-state index contributed by atoms with van der Waals surface area (Å²) in [5, 5.41) is 11.3. The number of anilines is 1. The largest absolute Gasteiger partial charge is 0.493 e. The second-order valence-corrected chi connectivity index (χ2v) is 15.7. The van der Waals surface area contributed by atoms with Crippen LogP contribution in [0.4, 0.5) is 5.69 Å². The average Bonchev–Trinajstić information content (AvgIpc) is 4.02. The first-order chi connectivity index (χ1) is 29.1. The number of benzene rings is 3. The summed E-state index contributed by atoms with van der Waals surface area (Å²) in [6.07, 6.45) is 7.18. The first kappa shape index (κ1) is 40.4. The summed E-state index contributed by atoms with van der Waals surface area (Å²) >= 11 is 0. The highest BCUT2D eigenvalue weighted by Gasteiger charge is 2.45. The highest BCUT2D eigenvalue weighted by Crippen LogP contribution is 2.36. The van der Waals surface area contributed by atoms with E-state index in [1.165, 1.54) is 17.2 Å². The number of imide groups is 2. The van der Waals surface area contributed by atoms with Crippen molar-refractivity contribution in [1.29, 1.82) is 0 Å². The van der Waals surface area contributed by atoms with Crippen molar-refractivity contribution in [2.45, 2.75) is 76.8 Å². The highest BCUT2D eigenvalue weighted by molar-refractivity contribution is 6.25. The molecule has 15 nitrogen and oxygen atoms in total. The number of nitrogens with zero attached hydrogens (tertiary/aromatic N) is 3.